The molecule has 0 amide bonds. The maximum Gasteiger partial charge on any atom is 0.164 e. The van der Waals surface area contributed by atoms with Gasteiger partial charge in [-0.15, -0.1) is 21.5 Å². The third-order valence-electron chi connectivity index (χ3n) is 3.80. The number of aromatic nitrogens is 4. The van der Waals surface area contributed by atoms with Gasteiger partial charge < -0.3 is 4.57 Å². The van der Waals surface area contributed by atoms with Crippen molar-refractivity contribution in [1.82, 2.24) is 24.6 Å². The summed E-state index contributed by atoms with van der Waals surface area (Å²) in [7, 11) is 0. The number of rotatable bonds is 3. The molecule has 0 radical (unpaired) electrons. The van der Waals surface area contributed by atoms with E-state index in [0.29, 0.717) is 0 Å². The molecule has 112 valence electrons. The Bertz CT molecular complexity index is 766. The van der Waals surface area contributed by atoms with Gasteiger partial charge in [-0.3, -0.25) is 9.88 Å². The molecule has 22 heavy (non-hydrogen) atoms. The van der Waals surface area contributed by atoms with Crippen LogP contribution in [0.5, 0.6) is 0 Å². The van der Waals surface area contributed by atoms with Crippen molar-refractivity contribution in [3.8, 4) is 11.4 Å². The topological polar surface area (TPSA) is 46.8 Å². The second-order valence-corrected chi connectivity index (χ2v) is 6.68. The van der Waals surface area contributed by atoms with E-state index < -0.39 is 0 Å². The van der Waals surface area contributed by atoms with Gasteiger partial charge in [-0.05, 0) is 24.3 Å². The van der Waals surface area contributed by atoms with E-state index in [1.807, 2.05) is 36.0 Å². The zero-order valence-corrected chi connectivity index (χ0v) is 13.4. The first kappa shape index (κ1) is 13.9. The third-order valence-corrected chi connectivity index (χ3v) is 4.81. The molecule has 5 nitrogen and oxygen atoms in total. The Labute approximate surface area is 137 Å². The second kappa shape index (κ2) is 5.79. The van der Waals surface area contributed by atoms with E-state index in [1.54, 1.807) is 11.3 Å². The van der Waals surface area contributed by atoms with Crippen LogP contribution >= 0.6 is 22.9 Å². The number of hydrogen-bond donors (Lipinski definition) is 0. The van der Waals surface area contributed by atoms with Gasteiger partial charge in [0, 0.05) is 41.3 Å². The molecule has 7 heteroatoms. The Morgan fingerprint density at radius 1 is 1.14 bits per heavy atom. The number of nitrogens with zero attached hydrogens (tertiary/aromatic N) is 5. The smallest absolute Gasteiger partial charge is 0.164 e. The van der Waals surface area contributed by atoms with Crippen molar-refractivity contribution in [2.75, 3.05) is 6.54 Å². The average molecular weight is 332 g/mol. The summed E-state index contributed by atoms with van der Waals surface area (Å²) in [4.78, 5) is 7.79. The molecule has 1 aliphatic heterocycles. The first-order chi connectivity index (χ1) is 10.8. The first-order valence-electron chi connectivity index (χ1n) is 7.07. The second-order valence-electron chi connectivity index (χ2n) is 5.28. The lowest BCUT2D eigenvalue weighted by Crippen LogP contribution is -2.33. The Morgan fingerprint density at radius 3 is 2.77 bits per heavy atom. The van der Waals surface area contributed by atoms with E-state index >= 15 is 0 Å². The molecule has 0 fully saturated rings. The normalized spacial score (nSPS) is 15.0. The average Bonchev–Trinajstić information content (AvgIpc) is 3.17. The molecule has 0 unspecified atom stereocenters. The van der Waals surface area contributed by atoms with Gasteiger partial charge in [-0.2, -0.15) is 0 Å². The van der Waals surface area contributed by atoms with Crippen molar-refractivity contribution < 1.29 is 0 Å². The van der Waals surface area contributed by atoms with E-state index in [1.165, 1.54) is 4.88 Å². The molecule has 0 saturated heterocycles. The summed E-state index contributed by atoms with van der Waals surface area (Å²) in [6, 6.07) is 7.75. The minimum atomic E-state index is 0.734. The molecule has 3 aromatic rings. The maximum atomic E-state index is 5.95. The number of benzene rings is 1. The SMILES string of the molecule is Clc1ccc(-c2nnc3n2CCN(Cc2cncs2)C3)cc1. The minimum absolute atomic E-state index is 0.734. The third kappa shape index (κ3) is 2.65. The van der Waals surface area contributed by atoms with E-state index in [4.69, 9.17) is 11.6 Å². The van der Waals surface area contributed by atoms with E-state index in [-0.39, 0.29) is 0 Å². The zero-order valence-electron chi connectivity index (χ0n) is 11.8. The Balaban J connectivity index is 1.56. The number of thiazole rings is 1. The molecular weight excluding hydrogens is 318 g/mol. The van der Waals surface area contributed by atoms with Crippen LogP contribution in [0.4, 0.5) is 0 Å². The monoisotopic (exact) mass is 331 g/mol. The van der Waals surface area contributed by atoms with Gasteiger partial charge in [-0.25, -0.2) is 0 Å². The Kier molecular flexibility index (Phi) is 3.65. The standard InChI is InChI=1S/C15H14ClN5S/c16-12-3-1-11(2-4-12)15-19-18-14-9-20(5-6-21(14)15)8-13-7-17-10-22-13/h1-4,7,10H,5-6,8-9H2. The summed E-state index contributed by atoms with van der Waals surface area (Å²) in [6.07, 6.45) is 1.93. The first-order valence-corrected chi connectivity index (χ1v) is 8.33. The molecule has 0 N–H and O–H groups in total. The fourth-order valence-electron chi connectivity index (χ4n) is 2.70. The van der Waals surface area contributed by atoms with Crippen LogP contribution in [0.3, 0.4) is 0 Å². The number of halogens is 1. The zero-order chi connectivity index (χ0) is 14.9. The van der Waals surface area contributed by atoms with Crippen LogP contribution in [0, 0.1) is 0 Å². The molecule has 0 bridgehead atoms. The molecule has 0 aliphatic carbocycles. The molecule has 2 aromatic heterocycles. The molecule has 0 atom stereocenters. The highest BCUT2D eigenvalue weighted by Crippen LogP contribution is 2.24. The minimum Gasteiger partial charge on any atom is -0.309 e. The summed E-state index contributed by atoms with van der Waals surface area (Å²) >= 11 is 7.64. The van der Waals surface area contributed by atoms with Crippen LogP contribution in [0.1, 0.15) is 10.7 Å². The van der Waals surface area contributed by atoms with Gasteiger partial charge >= 0.3 is 0 Å². The van der Waals surface area contributed by atoms with Crippen molar-refractivity contribution in [1.29, 1.82) is 0 Å². The van der Waals surface area contributed by atoms with Crippen molar-refractivity contribution in [3.63, 3.8) is 0 Å². The highest BCUT2D eigenvalue weighted by Gasteiger charge is 2.22. The van der Waals surface area contributed by atoms with Crippen LogP contribution in [0.2, 0.25) is 5.02 Å². The molecule has 1 aromatic carbocycles. The number of fused-ring (bicyclic) bond motifs is 1. The summed E-state index contributed by atoms with van der Waals surface area (Å²) in [6.45, 7) is 3.63. The van der Waals surface area contributed by atoms with Crippen LogP contribution in [0.15, 0.2) is 36.0 Å². The van der Waals surface area contributed by atoms with Gasteiger partial charge in [0.1, 0.15) is 5.82 Å². The van der Waals surface area contributed by atoms with Gasteiger partial charge in [0.2, 0.25) is 0 Å². The largest absolute Gasteiger partial charge is 0.309 e. The highest BCUT2D eigenvalue weighted by atomic mass is 35.5. The Morgan fingerprint density at radius 2 is 2.00 bits per heavy atom. The van der Waals surface area contributed by atoms with E-state index in [2.05, 4.69) is 24.6 Å². The van der Waals surface area contributed by atoms with Crippen molar-refractivity contribution in [2.24, 2.45) is 0 Å². The van der Waals surface area contributed by atoms with E-state index in [0.717, 1.165) is 48.4 Å². The van der Waals surface area contributed by atoms with Gasteiger partial charge in [0.05, 0.1) is 12.1 Å². The van der Waals surface area contributed by atoms with Gasteiger partial charge in [0.25, 0.3) is 0 Å². The van der Waals surface area contributed by atoms with Crippen LogP contribution < -0.4 is 0 Å². The Hall–Kier alpha value is -1.76. The molecule has 3 heterocycles. The predicted octanol–water partition coefficient (Wildman–Crippen LogP) is 3.07. The van der Waals surface area contributed by atoms with Crippen molar-refractivity contribution in [2.45, 2.75) is 19.6 Å². The fourth-order valence-corrected chi connectivity index (χ4v) is 3.46. The molecule has 4 rings (SSSR count). The number of hydrogen-bond acceptors (Lipinski definition) is 5. The summed E-state index contributed by atoms with van der Waals surface area (Å²) in [5.41, 5.74) is 2.93. The fraction of sp³-hybridized carbons (Fsp3) is 0.267. The predicted molar refractivity (Wildman–Crippen MR) is 86.7 cm³/mol. The van der Waals surface area contributed by atoms with E-state index in [9.17, 15) is 0 Å². The van der Waals surface area contributed by atoms with Gasteiger partial charge in [-0.1, -0.05) is 11.6 Å². The highest BCUT2D eigenvalue weighted by molar-refractivity contribution is 7.09. The lowest BCUT2D eigenvalue weighted by Gasteiger charge is -2.27. The van der Waals surface area contributed by atoms with Crippen LogP contribution in [-0.4, -0.2) is 31.2 Å². The maximum absolute atomic E-state index is 5.95. The molecular formula is C15H14ClN5S. The lowest BCUT2D eigenvalue weighted by molar-refractivity contribution is 0.211. The molecule has 0 saturated carbocycles. The summed E-state index contributed by atoms with van der Waals surface area (Å²) in [5.74, 6) is 1.94. The summed E-state index contributed by atoms with van der Waals surface area (Å²) < 4.78 is 2.20. The lowest BCUT2D eigenvalue weighted by atomic mass is 10.2. The molecule has 1 aliphatic rings. The summed E-state index contributed by atoms with van der Waals surface area (Å²) in [5, 5.41) is 9.46. The quantitative estimate of drug-likeness (QED) is 0.740. The van der Waals surface area contributed by atoms with Gasteiger partial charge in [0.15, 0.2) is 5.82 Å². The van der Waals surface area contributed by atoms with Crippen LogP contribution in [-0.2, 0) is 19.6 Å². The van der Waals surface area contributed by atoms with Crippen LogP contribution in [0.25, 0.3) is 11.4 Å². The van der Waals surface area contributed by atoms with Crippen molar-refractivity contribution in [3.05, 3.63) is 51.7 Å². The molecule has 0 spiro atoms. The van der Waals surface area contributed by atoms with Crippen molar-refractivity contribution >= 4 is 22.9 Å².